The predicted molar refractivity (Wildman–Crippen MR) is 88.4 cm³/mol. The van der Waals surface area contributed by atoms with Crippen molar-refractivity contribution < 1.29 is 19.3 Å². The summed E-state index contributed by atoms with van der Waals surface area (Å²) in [4.78, 5) is 0. The molecule has 1 saturated carbocycles. The van der Waals surface area contributed by atoms with Gasteiger partial charge in [0.05, 0.1) is 6.61 Å². The third-order valence-corrected chi connectivity index (χ3v) is 5.39. The van der Waals surface area contributed by atoms with Crippen LogP contribution in [0.1, 0.15) is 46.0 Å². The van der Waals surface area contributed by atoms with E-state index in [2.05, 4.69) is 13.2 Å². The minimum atomic E-state index is -1.13. The third-order valence-electron chi connectivity index (χ3n) is 5.39. The Morgan fingerprint density at radius 2 is 2.13 bits per heavy atom. The first-order valence-corrected chi connectivity index (χ1v) is 8.76. The van der Waals surface area contributed by atoms with Crippen molar-refractivity contribution >= 4 is 0 Å². The van der Waals surface area contributed by atoms with Crippen molar-refractivity contribution in [3.05, 3.63) is 35.8 Å². The first-order valence-electron chi connectivity index (χ1n) is 8.76. The average molecular weight is 320 g/mol. The van der Waals surface area contributed by atoms with E-state index in [1.807, 2.05) is 13.8 Å². The number of allylic oxidation sites excluding steroid dienone is 2. The first kappa shape index (κ1) is 16.6. The van der Waals surface area contributed by atoms with Gasteiger partial charge >= 0.3 is 0 Å². The number of rotatable bonds is 5. The average Bonchev–Trinajstić information content (AvgIpc) is 2.87. The highest BCUT2D eigenvalue weighted by atomic mass is 16.7. The predicted octanol–water partition coefficient (Wildman–Crippen LogP) is 3.68. The van der Waals surface area contributed by atoms with Crippen molar-refractivity contribution in [2.75, 3.05) is 13.2 Å². The van der Waals surface area contributed by atoms with E-state index in [4.69, 9.17) is 14.2 Å². The molecule has 0 spiro atoms. The van der Waals surface area contributed by atoms with E-state index in [0.717, 1.165) is 30.6 Å². The van der Waals surface area contributed by atoms with Crippen LogP contribution in [-0.4, -0.2) is 30.2 Å². The highest BCUT2D eigenvalue weighted by molar-refractivity contribution is 5.43. The lowest BCUT2D eigenvalue weighted by atomic mass is 9.67. The number of fused-ring (bicyclic) bond motifs is 2. The summed E-state index contributed by atoms with van der Waals surface area (Å²) >= 11 is 0. The molecule has 4 atom stereocenters. The molecule has 3 rings (SSSR count). The molecule has 4 unspecified atom stereocenters. The van der Waals surface area contributed by atoms with Crippen molar-refractivity contribution in [3.63, 3.8) is 0 Å². The molecule has 1 aliphatic heterocycles. The summed E-state index contributed by atoms with van der Waals surface area (Å²) in [6.07, 6.45) is 4.14. The van der Waals surface area contributed by atoms with Crippen LogP contribution in [0, 0.1) is 11.8 Å². The minimum absolute atomic E-state index is 0.105. The molecule has 4 nitrogen and oxygen atoms in total. The van der Waals surface area contributed by atoms with Gasteiger partial charge in [0.15, 0.2) is 0 Å². The SMILES string of the molecule is C=C1CCCC2C(OCC)OC3=C(C12)C(O)(C(=C)OCC)CC3. The van der Waals surface area contributed by atoms with Crippen LogP contribution >= 0.6 is 0 Å². The van der Waals surface area contributed by atoms with Crippen molar-refractivity contribution in [1.29, 1.82) is 0 Å². The number of ether oxygens (including phenoxy) is 3. The third kappa shape index (κ3) is 2.62. The van der Waals surface area contributed by atoms with Crippen molar-refractivity contribution in [2.24, 2.45) is 11.8 Å². The van der Waals surface area contributed by atoms with E-state index in [1.165, 1.54) is 5.57 Å². The number of aliphatic hydroxyl groups is 1. The Labute approximate surface area is 138 Å². The van der Waals surface area contributed by atoms with Crippen LogP contribution in [0.2, 0.25) is 0 Å². The maximum atomic E-state index is 11.3. The van der Waals surface area contributed by atoms with Gasteiger partial charge in [-0.1, -0.05) is 18.7 Å². The molecule has 0 saturated heterocycles. The maximum absolute atomic E-state index is 11.3. The lowest BCUT2D eigenvalue weighted by Crippen LogP contribution is -2.45. The molecule has 2 aliphatic carbocycles. The number of hydrogen-bond acceptors (Lipinski definition) is 4. The Hall–Kier alpha value is -1.26. The van der Waals surface area contributed by atoms with Crippen LogP contribution in [0.3, 0.4) is 0 Å². The highest BCUT2D eigenvalue weighted by Gasteiger charge is 2.54. The molecule has 0 aromatic rings. The van der Waals surface area contributed by atoms with Gasteiger partial charge in [0, 0.05) is 30.4 Å². The van der Waals surface area contributed by atoms with E-state index in [1.54, 1.807) is 0 Å². The molecule has 1 fully saturated rings. The molecule has 0 radical (unpaired) electrons. The molecule has 1 heterocycles. The summed E-state index contributed by atoms with van der Waals surface area (Å²) in [6.45, 7) is 13.3. The lowest BCUT2D eigenvalue weighted by Gasteiger charge is -2.45. The summed E-state index contributed by atoms with van der Waals surface area (Å²) in [5, 5.41) is 11.3. The molecular formula is C19H28O4. The normalized spacial score (nSPS) is 36.3. The summed E-state index contributed by atoms with van der Waals surface area (Å²) in [7, 11) is 0. The molecule has 0 aromatic carbocycles. The Morgan fingerprint density at radius 1 is 1.35 bits per heavy atom. The highest BCUT2D eigenvalue weighted by Crippen LogP contribution is 2.55. The van der Waals surface area contributed by atoms with Gasteiger partial charge < -0.3 is 19.3 Å². The molecule has 4 heteroatoms. The van der Waals surface area contributed by atoms with Crippen molar-refractivity contribution in [3.8, 4) is 0 Å². The van der Waals surface area contributed by atoms with Gasteiger partial charge in [-0.25, -0.2) is 0 Å². The van der Waals surface area contributed by atoms with Crippen LogP contribution in [0.25, 0.3) is 0 Å². The number of hydrogen-bond donors (Lipinski definition) is 1. The van der Waals surface area contributed by atoms with Gasteiger partial charge in [-0.2, -0.15) is 0 Å². The van der Waals surface area contributed by atoms with Crippen LogP contribution in [0.4, 0.5) is 0 Å². The molecule has 0 amide bonds. The van der Waals surface area contributed by atoms with Crippen LogP contribution in [0.15, 0.2) is 35.8 Å². The van der Waals surface area contributed by atoms with Gasteiger partial charge in [-0.05, 0) is 39.5 Å². The molecule has 128 valence electrons. The Bertz CT molecular complexity index is 535. The van der Waals surface area contributed by atoms with Crippen molar-refractivity contribution in [2.45, 2.75) is 57.8 Å². The zero-order valence-electron chi connectivity index (χ0n) is 14.3. The van der Waals surface area contributed by atoms with Gasteiger partial charge in [0.1, 0.15) is 17.1 Å². The Morgan fingerprint density at radius 3 is 2.83 bits per heavy atom. The molecule has 3 aliphatic rings. The van der Waals surface area contributed by atoms with Crippen LogP contribution < -0.4 is 0 Å². The zero-order chi connectivity index (χ0) is 16.6. The van der Waals surface area contributed by atoms with E-state index in [9.17, 15) is 5.11 Å². The Balaban J connectivity index is 2.00. The fraction of sp³-hybridized carbons (Fsp3) is 0.684. The minimum Gasteiger partial charge on any atom is -0.495 e. The zero-order valence-corrected chi connectivity index (χ0v) is 14.3. The first-order chi connectivity index (χ1) is 11.0. The quantitative estimate of drug-likeness (QED) is 0.620. The van der Waals surface area contributed by atoms with Gasteiger partial charge in [0.25, 0.3) is 0 Å². The molecule has 0 aromatic heterocycles. The van der Waals surface area contributed by atoms with E-state index in [0.29, 0.717) is 31.8 Å². The summed E-state index contributed by atoms with van der Waals surface area (Å²) in [5.41, 5.74) is 0.971. The van der Waals surface area contributed by atoms with Gasteiger partial charge in [-0.15, -0.1) is 0 Å². The van der Waals surface area contributed by atoms with Gasteiger partial charge in [0.2, 0.25) is 6.29 Å². The fourth-order valence-corrected chi connectivity index (χ4v) is 4.38. The van der Waals surface area contributed by atoms with E-state index >= 15 is 0 Å². The Kier molecular flexibility index (Phi) is 4.56. The maximum Gasteiger partial charge on any atom is 0.203 e. The summed E-state index contributed by atoms with van der Waals surface area (Å²) in [6, 6.07) is 0. The second kappa shape index (κ2) is 6.33. The second-order valence-corrected chi connectivity index (χ2v) is 6.69. The molecule has 0 bridgehead atoms. The summed E-state index contributed by atoms with van der Waals surface area (Å²) < 4.78 is 17.6. The molecule has 23 heavy (non-hydrogen) atoms. The van der Waals surface area contributed by atoms with Crippen molar-refractivity contribution in [1.82, 2.24) is 0 Å². The molecular weight excluding hydrogens is 292 g/mol. The van der Waals surface area contributed by atoms with E-state index < -0.39 is 5.60 Å². The van der Waals surface area contributed by atoms with Gasteiger partial charge in [-0.3, -0.25) is 0 Å². The topological polar surface area (TPSA) is 47.9 Å². The summed E-state index contributed by atoms with van der Waals surface area (Å²) in [5.74, 6) is 1.61. The standard InChI is InChI=1S/C19H28O4/c1-5-21-13(4)19(20)11-10-15-17(19)16-12(3)8-7-9-14(16)18(23-15)22-6-2/h14,16,18,20H,3-11H2,1-2H3. The lowest BCUT2D eigenvalue weighted by molar-refractivity contribution is -0.170. The monoisotopic (exact) mass is 320 g/mol. The van der Waals surface area contributed by atoms with Crippen LogP contribution in [-0.2, 0) is 14.2 Å². The smallest absolute Gasteiger partial charge is 0.203 e. The fourth-order valence-electron chi connectivity index (χ4n) is 4.38. The second-order valence-electron chi connectivity index (χ2n) is 6.69. The van der Waals surface area contributed by atoms with Crippen LogP contribution in [0.5, 0.6) is 0 Å². The van der Waals surface area contributed by atoms with E-state index in [-0.39, 0.29) is 18.1 Å². The largest absolute Gasteiger partial charge is 0.495 e. The molecule has 1 N–H and O–H groups in total.